The quantitative estimate of drug-likeness (QED) is 0.326. The molecule has 0 aromatic heterocycles. The van der Waals surface area contributed by atoms with Crippen LogP contribution in [0.15, 0.2) is 33.6 Å². The molecule has 0 unspecified atom stereocenters. The fraction of sp³-hybridized carbons (Fsp3) is 0.333. The minimum Gasteiger partial charge on any atom is -0.481 e. The highest BCUT2D eigenvalue weighted by Gasteiger charge is 2.31. The van der Waals surface area contributed by atoms with Crippen LogP contribution in [0.1, 0.15) is 31.2 Å². The van der Waals surface area contributed by atoms with Gasteiger partial charge in [0.25, 0.3) is 5.91 Å². The molecule has 0 radical (unpaired) electrons. The summed E-state index contributed by atoms with van der Waals surface area (Å²) in [5.74, 6) is -1.18. The molecule has 0 spiro atoms. The predicted molar refractivity (Wildman–Crippen MR) is 113 cm³/mol. The van der Waals surface area contributed by atoms with Gasteiger partial charge in [-0.3, -0.25) is 19.3 Å². The molecule has 9 heteroatoms. The van der Waals surface area contributed by atoms with Gasteiger partial charge in [-0.2, -0.15) is 0 Å². The molecule has 1 fully saturated rings. The molecule has 1 aliphatic rings. The first kappa shape index (κ1) is 21.6. The Morgan fingerprint density at radius 3 is 2.59 bits per heavy atom. The van der Waals surface area contributed by atoms with Crippen molar-refractivity contribution >= 4 is 68.1 Å². The van der Waals surface area contributed by atoms with Crippen molar-refractivity contribution in [3.05, 3.63) is 39.2 Å². The first-order valence-corrected chi connectivity index (χ1v) is 10.4. The molecule has 1 heterocycles. The van der Waals surface area contributed by atoms with Gasteiger partial charge in [0, 0.05) is 30.4 Å². The topological polar surface area (TPSA) is 86.7 Å². The molecule has 0 aliphatic carbocycles. The van der Waals surface area contributed by atoms with Crippen LogP contribution in [0.3, 0.4) is 0 Å². The molecule has 0 saturated carbocycles. The van der Waals surface area contributed by atoms with E-state index < -0.39 is 5.97 Å². The number of carbonyl (C=O) groups is 3. The Kier molecular flexibility index (Phi) is 8.46. The summed E-state index contributed by atoms with van der Waals surface area (Å²) >= 11 is 9.92. The summed E-state index contributed by atoms with van der Waals surface area (Å²) in [7, 11) is 0. The summed E-state index contributed by atoms with van der Waals surface area (Å²) in [6, 6.07) is 7.62. The minimum atomic E-state index is -0.880. The number of carboxylic acid groups (broad SMARTS) is 1. The van der Waals surface area contributed by atoms with Crippen molar-refractivity contribution in [2.75, 3.05) is 13.1 Å². The molecule has 6 nitrogen and oxygen atoms in total. The zero-order valence-corrected chi connectivity index (χ0v) is 17.7. The summed E-state index contributed by atoms with van der Waals surface area (Å²) in [5.41, 5.74) is 0.916. The highest BCUT2D eigenvalue weighted by Crippen LogP contribution is 2.32. The Morgan fingerprint density at radius 1 is 1.22 bits per heavy atom. The summed E-state index contributed by atoms with van der Waals surface area (Å²) in [4.78, 5) is 36.8. The van der Waals surface area contributed by atoms with Crippen molar-refractivity contribution in [2.24, 2.45) is 0 Å². The third-order valence-electron chi connectivity index (χ3n) is 3.72. The number of rotatable bonds is 9. The van der Waals surface area contributed by atoms with Crippen LogP contribution in [0.5, 0.6) is 0 Å². The van der Waals surface area contributed by atoms with Gasteiger partial charge in [-0.25, -0.2) is 0 Å². The van der Waals surface area contributed by atoms with Crippen LogP contribution in [0.4, 0.5) is 0 Å². The maximum Gasteiger partial charge on any atom is 0.303 e. The molecule has 1 saturated heterocycles. The molecule has 1 aromatic carbocycles. The molecule has 1 aliphatic heterocycles. The van der Waals surface area contributed by atoms with E-state index in [1.165, 1.54) is 16.7 Å². The number of thioether (sulfide) groups is 1. The molecule has 0 atom stereocenters. The van der Waals surface area contributed by atoms with Crippen LogP contribution in [0, 0.1) is 0 Å². The van der Waals surface area contributed by atoms with Crippen LogP contribution in [-0.2, 0) is 14.4 Å². The summed E-state index contributed by atoms with van der Waals surface area (Å²) < 4.78 is 1.46. The second-order valence-electron chi connectivity index (χ2n) is 5.84. The third-order valence-corrected chi connectivity index (χ3v) is 5.62. The number of thiocarbonyl (C=S) groups is 1. The molecule has 0 bridgehead atoms. The fourth-order valence-electron chi connectivity index (χ4n) is 2.36. The molecular weight excluding hydrogens is 452 g/mol. The lowest BCUT2D eigenvalue weighted by Gasteiger charge is -2.14. The lowest BCUT2D eigenvalue weighted by Crippen LogP contribution is -2.31. The molecule has 1 aromatic rings. The highest BCUT2D eigenvalue weighted by atomic mass is 79.9. The summed E-state index contributed by atoms with van der Waals surface area (Å²) in [6.45, 7) is 0.715. The number of carboxylic acids is 1. The van der Waals surface area contributed by atoms with E-state index in [0.717, 1.165) is 10.0 Å². The van der Waals surface area contributed by atoms with Gasteiger partial charge in [-0.1, -0.05) is 52.0 Å². The normalized spacial score (nSPS) is 15.4. The standard InChI is InChI=1S/C18H19BrN2O4S2/c19-13-7-5-12(6-8-13)11-14-17(25)21(18(26)27-14)10-2-3-15(22)20-9-1-4-16(23)24/h5-8,11H,1-4,9-10H2,(H,20,22)(H,23,24)/b14-11-. The van der Waals surface area contributed by atoms with E-state index in [1.807, 2.05) is 24.3 Å². The minimum absolute atomic E-state index is 0.0293. The number of nitrogens with one attached hydrogen (secondary N) is 1. The van der Waals surface area contributed by atoms with Gasteiger partial charge in [0.2, 0.25) is 5.91 Å². The number of aliphatic carboxylic acids is 1. The lowest BCUT2D eigenvalue weighted by atomic mass is 10.2. The SMILES string of the molecule is O=C(O)CCCNC(=O)CCCN1C(=O)/C(=C/c2ccc(Br)cc2)SC1=S. The van der Waals surface area contributed by atoms with Gasteiger partial charge in [-0.15, -0.1) is 0 Å². The Hall–Kier alpha value is -1.71. The fourth-order valence-corrected chi connectivity index (χ4v) is 3.93. The van der Waals surface area contributed by atoms with Gasteiger partial charge in [0.1, 0.15) is 4.32 Å². The van der Waals surface area contributed by atoms with E-state index >= 15 is 0 Å². The second kappa shape index (κ2) is 10.6. The van der Waals surface area contributed by atoms with E-state index in [9.17, 15) is 14.4 Å². The Balaban J connectivity index is 1.79. The first-order chi connectivity index (χ1) is 12.9. The van der Waals surface area contributed by atoms with Crippen LogP contribution < -0.4 is 5.32 Å². The smallest absolute Gasteiger partial charge is 0.303 e. The van der Waals surface area contributed by atoms with Crippen molar-refractivity contribution < 1.29 is 19.5 Å². The van der Waals surface area contributed by atoms with Crippen LogP contribution in [-0.4, -0.2) is 45.2 Å². The average Bonchev–Trinajstić information content (AvgIpc) is 2.88. The van der Waals surface area contributed by atoms with Crippen molar-refractivity contribution in [1.82, 2.24) is 10.2 Å². The van der Waals surface area contributed by atoms with Crippen molar-refractivity contribution in [3.8, 4) is 0 Å². The third kappa shape index (κ3) is 7.08. The van der Waals surface area contributed by atoms with Crippen molar-refractivity contribution in [2.45, 2.75) is 25.7 Å². The molecule has 27 heavy (non-hydrogen) atoms. The number of nitrogens with zero attached hydrogens (tertiary/aromatic N) is 1. The Labute approximate surface area is 175 Å². The summed E-state index contributed by atoms with van der Waals surface area (Å²) in [5, 5.41) is 11.2. The number of halogens is 1. The van der Waals surface area contributed by atoms with Crippen molar-refractivity contribution in [1.29, 1.82) is 0 Å². The average molecular weight is 471 g/mol. The first-order valence-electron chi connectivity index (χ1n) is 8.36. The Morgan fingerprint density at radius 2 is 1.93 bits per heavy atom. The van der Waals surface area contributed by atoms with Gasteiger partial charge in [0.05, 0.1) is 4.91 Å². The lowest BCUT2D eigenvalue weighted by molar-refractivity contribution is -0.137. The maximum atomic E-state index is 12.5. The zero-order valence-electron chi connectivity index (χ0n) is 14.4. The monoisotopic (exact) mass is 470 g/mol. The number of hydrogen-bond donors (Lipinski definition) is 2. The zero-order chi connectivity index (χ0) is 19.8. The Bertz CT molecular complexity index is 765. The van der Waals surface area contributed by atoms with Crippen LogP contribution in [0.25, 0.3) is 6.08 Å². The number of carbonyl (C=O) groups excluding carboxylic acids is 2. The summed E-state index contributed by atoms with van der Waals surface area (Å²) in [6.07, 6.45) is 2.98. The van der Waals surface area contributed by atoms with E-state index in [-0.39, 0.29) is 24.7 Å². The number of hydrogen-bond acceptors (Lipinski definition) is 5. The molecule has 2 rings (SSSR count). The van der Waals surface area contributed by atoms with E-state index in [2.05, 4.69) is 21.2 Å². The number of benzene rings is 1. The number of amides is 2. The van der Waals surface area contributed by atoms with Crippen LogP contribution >= 0.6 is 39.9 Å². The largest absolute Gasteiger partial charge is 0.481 e. The van der Waals surface area contributed by atoms with Crippen molar-refractivity contribution in [3.63, 3.8) is 0 Å². The van der Waals surface area contributed by atoms with Gasteiger partial charge in [0.15, 0.2) is 0 Å². The maximum absolute atomic E-state index is 12.5. The van der Waals surface area contributed by atoms with Gasteiger partial charge in [-0.05, 0) is 36.6 Å². The van der Waals surface area contributed by atoms with E-state index in [4.69, 9.17) is 17.3 Å². The molecular formula is C18H19BrN2O4S2. The highest BCUT2D eigenvalue weighted by molar-refractivity contribution is 9.10. The predicted octanol–water partition coefficient (Wildman–Crippen LogP) is 3.41. The molecule has 2 N–H and O–H groups in total. The molecule has 2 amide bonds. The second-order valence-corrected chi connectivity index (χ2v) is 8.43. The van der Waals surface area contributed by atoms with Gasteiger partial charge >= 0.3 is 5.97 Å². The molecule has 144 valence electrons. The van der Waals surface area contributed by atoms with E-state index in [0.29, 0.717) is 35.2 Å². The van der Waals surface area contributed by atoms with Crippen LogP contribution in [0.2, 0.25) is 0 Å². The van der Waals surface area contributed by atoms with Gasteiger partial charge < -0.3 is 10.4 Å². The van der Waals surface area contributed by atoms with E-state index in [1.54, 1.807) is 6.08 Å².